The van der Waals surface area contributed by atoms with E-state index in [1.165, 1.54) is 0 Å². The predicted molar refractivity (Wildman–Crippen MR) is 76.2 cm³/mol. The number of benzene rings is 1. The molecule has 0 radical (unpaired) electrons. The third-order valence-corrected chi connectivity index (χ3v) is 3.14. The molecule has 1 heterocycles. The standard InChI is InChI=1S/C13H12BrClN2O/c14-10-5-12(8-17-7-10)18-11-2-1-9(3-4-16)13(15)6-11/h1-2,5-8H,3-4,16H2. The molecule has 2 N–H and O–H groups in total. The van der Waals surface area contributed by atoms with Gasteiger partial charge in [-0.15, -0.1) is 0 Å². The van der Waals surface area contributed by atoms with Crippen LogP contribution in [0.5, 0.6) is 11.5 Å². The summed E-state index contributed by atoms with van der Waals surface area (Å²) in [5.41, 5.74) is 6.53. The van der Waals surface area contributed by atoms with Crippen molar-refractivity contribution in [3.05, 3.63) is 51.7 Å². The first-order chi connectivity index (χ1) is 8.69. The fourth-order valence-electron chi connectivity index (χ4n) is 1.53. The van der Waals surface area contributed by atoms with Crippen LogP contribution >= 0.6 is 27.5 Å². The number of rotatable bonds is 4. The van der Waals surface area contributed by atoms with Gasteiger partial charge < -0.3 is 10.5 Å². The maximum atomic E-state index is 6.15. The number of hydrogen-bond donors (Lipinski definition) is 1. The Hall–Kier alpha value is -1.10. The Bertz CT molecular complexity index is 548. The van der Waals surface area contributed by atoms with E-state index in [1.807, 2.05) is 18.2 Å². The summed E-state index contributed by atoms with van der Waals surface area (Å²) < 4.78 is 6.53. The van der Waals surface area contributed by atoms with Crippen molar-refractivity contribution in [2.45, 2.75) is 6.42 Å². The average molecular weight is 328 g/mol. The van der Waals surface area contributed by atoms with Crippen LogP contribution in [0.1, 0.15) is 5.56 Å². The lowest BCUT2D eigenvalue weighted by molar-refractivity contribution is 0.479. The number of halogens is 2. The van der Waals surface area contributed by atoms with Gasteiger partial charge in [0.05, 0.1) is 6.20 Å². The molecule has 0 spiro atoms. The smallest absolute Gasteiger partial charge is 0.146 e. The molecule has 0 saturated heterocycles. The minimum Gasteiger partial charge on any atom is -0.456 e. The first kappa shape index (κ1) is 13.3. The largest absolute Gasteiger partial charge is 0.456 e. The van der Waals surface area contributed by atoms with Crippen LogP contribution in [0.2, 0.25) is 5.02 Å². The second kappa shape index (κ2) is 6.18. The van der Waals surface area contributed by atoms with E-state index in [2.05, 4.69) is 20.9 Å². The van der Waals surface area contributed by atoms with E-state index in [0.29, 0.717) is 23.1 Å². The van der Waals surface area contributed by atoms with Crippen LogP contribution in [0.25, 0.3) is 0 Å². The fourth-order valence-corrected chi connectivity index (χ4v) is 2.14. The Kier molecular flexibility index (Phi) is 4.58. The average Bonchev–Trinajstić information content (AvgIpc) is 2.33. The van der Waals surface area contributed by atoms with Gasteiger partial charge in [0.1, 0.15) is 11.5 Å². The van der Waals surface area contributed by atoms with Gasteiger partial charge in [-0.25, -0.2) is 0 Å². The van der Waals surface area contributed by atoms with E-state index >= 15 is 0 Å². The molecule has 1 aromatic carbocycles. The van der Waals surface area contributed by atoms with Crippen LogP contribution in [0.15, 0.2) is 41.1 Å². The molecule has 1 aromatic heterocycles. The minimum absolute atomic E-state index is 0.579. The van der Waals surface area contributed by atoms with Gasteiger partial charge in [-0.3, -0.25) is 4.98 Å². The zero-order valence-corrected chi connectivity index (χ0v) is 11.9. The van der Waals surface area contributed by atoms with Gasteiger partial charge in [-0.1, -0.05) is 17.7 Å². The number of aromatic nitrogens is 1. The summed E-state index contributed by atoms with van der Waals surface area (Å²) in [6.45, 7) is 0.579. The second-order valence-electron chi connectivity index (χ2n) is 3.73. The van der Waals surface area contributed by atoms with E-state index in [9.17, 15) is 0 Å². The minimum atomic E-state index is 0.579. The number of nitrogens with zero attached hydrogens (tertiary/aromatic N) is 1. The van der Waals surface area contributed by atoms with Crippen molar-refractivity contribution in [3.8, 4) is 11.5 Å². The van der Waals surface area contributed by atoms with Crippen molar-refractivity contribution in [1.29, 1.82) is 0 Å². The summed E-state index contributed by atoms with van der Waals surface area (Å²) in [4.78, 5) is 4.03. The molecule has 94 valence electrons. The number of hydrogen-bond acceptors (Lipinski definition) is 3. The van der Waals surface area contributed by atoms with Gasteiger partial charge in [0, 0.05) is 15.7 Å². The summed E-state index contributed by atoms with van der Waals surface area (Å²) in [7, 11) is 0. The SMILES string of the molecule is NCCc1ccc(Oc2cncc(Br)c2)cc1Cl. The summed E-state index contributed by atoms with van der Waals surface area (Å²) in [6, 6.07) is 7.43. The van der Waals surface area contributed by atoms with Crippen molar-refractivity contribution in [1.82, 2.24) is 4.98 Å². The molecule has 3 nitrogen and oxygen atoms in total. The van der Waals surface area contributed by atoms with E-state index in [1.54, 1.807) is 18.5 Å². The molecule has 0 unspecified atom stereocenters. The fraction of sp³-hybridized carbons (Fsp3) is 0.154. The van der Waals surface area contributed by atoms with Crippen LogP contribution in [0.3, 0.4) is 0 Å². The van der Waals surface area contributed by atoms with Crippen molar-refractivity contribution >= 4 is 27.5 Å². The van der Waals surface area contributed by atoms with Crippen molar-refractivity contribution in [2.24, 2.45) is 5.73 Å². The molecular formula is C13H12BrClN2O. The molecule has 0 aliphatic rings. The van der Waals surface area contributed by atoms with Crippen molar-refractivity contribution < 1.29 is 4.74 Å². The maximum absolute atomic E-state index is 6.15. The highest BCUT2D eigenvalue weighted by atomic mass is 79.9. The van der Waals surface area contributed by atoms with Gasteiger partial charge in [-0.2, -0.15) is 0 Å². The van der Waals surface area contributed by atoms with Crippen LogP contribution in [0.4, 0.5) is 0 Å². The van der Waals surface area contributed by atoms with Crippen molar-refractivity contribution in [2.75, 3.05) is 6.54 Å². The zero-order valence-electron chi connectivity index (χ0n) is 9.57. The first-order valence-corrected chi connectivity index (χ1v) is 6.63. The summed E-state index contributed by atoms with van der Waals surface area (Å²) in [6.07, 6.45) is 4.11. The van der Waals surface area contributed by atoms with E-state index in [4.69, 9.17) is 22.1 Å². The summed E-state index contributed by atoms with van der Waals surface area (Å²) in [5.74, 6) is 1.34. The zero-order chi connectivity index (χ0) is 13.0. The molecule has 0 amide bonds. The van der Waals surface area contributed by atoms with Crippen LogP contribution < -0.4 is 10.5 Å². The van der Waals surface area contributed by atoms with E-state index < -0.39 is 0 Å². The Labute approximate surface area is 119 Å². The van der Waals surface area contributed by atoms with E-state index in [0.717, 1.165) is 16.5 Å². The monoisotopic (exact) mass is 326 g/mol. The lowest BCUT2D eigenvalue weighted by Crippen LogP contribution is -2.03. The second-order valence-corrected chi connectivity index (χ2v) is 5.06. The topological polar surface area (TPSA) is 48.1 Å². The Morgan fingerprint density at radius 2 is 2.06 bits per heavy atom. The molecule has 0 fully saturated rings. The highest BCUT2D eigenvalue weighted by Crippen LogP contribution is 2.27. The number of nitrogens with two attached hydrogens (primary N) is 1. The highest BCUT2D eigenvalue weighted by molar-refractivity contribution is 9.10. The van der Waals surface area contributed by atoms with Crippen LogP contribution in [-0.4, -0.2) is 11.5 Å². The third kappa shape index (κ3) is 3.45. The van der Waals surface area contributed by atoms with Gasteiger partial charge in [0.2, 0.25) is 0 Å². The third-order valence-electron chi connectivity index (χ3n) is 2.35. The lowest BCUT2D eigenvalue weighted by atomic mass is 10.1. The summed E-state index contributed by atoms with van der Waals surface area (Å²) in [5, 5.41) is 0.668. The predicted octanol–water partition coefficient (Wildman–Crippen LogP) is 3.79. The molecule has 5 heteroatoms. The number of ether oxygens (including phenoxy) is 1. The molecule has 0 aliphatic carbocycles. The maximum Gasteiger partial charge on any atom is 0.146 e. The molecule has 0 aliphatic heterocycles. The van der Waals surface area contributed by atoms with Crippen LogP contribution in [-0.2, 0) is 6.42 Å². The molecule has 2 rings (SSSR count). The molecule has 18 heavy (non-hydrogen) atoms. The molecular weight excluding hydrogens is 316 g/mol. The van der Waals surface area contributed by atoms with Gasteiger partial charge in [0.25, 0.3) is 0 Å². The first-order valence-electron chi connectivity index (χ1n) is 5.46. The van der Waals surface area contributed by atoms with E-state index in [-0.39, 0.29) is 0 Å². The lowest BCUT2D eigenvalue weighted by Gasteiger charge is -2.08. The van der Waals surface area contributed by atoms with Crippen molar-refractivity contribution in [3.63, 3.8) is 0 Å². The molecule has 0 bridgehead atoms. The quantitative estimate of drug-likeness (QED) is 0.929. The molecule has 0 atom stereocenters. The number of pyridine rings is 1. The Balaban J connectivity index is 2.17. The molecule has 0 saturated carbocycles. The van der Waals surface area contributed by atoms with Crippen LogP contribution in [0, 0.1) is 0 Å². The normalized spacial score (nSPS) is 10.4. The molecule has 2 aromatic rings. The van der Waals surface area contributed by atoms with Gasteiger partial charge in [0.15, 0.2) is 0 Å². The summed E-state index contributed by atoms with van der Waals surface area (Å²) >= 11 is 9.48. The highest BCUT2D eigenvalue weighted by Gasteiger charge is 2.04. The van der Waals surface area contributed by atoms with Gasteiger partial charge in [-0.05, 0) is 52.7 Å². The Morgan fingerprint density at radius 3 is 2.72 bits per heavy atom. The Morgan fingerprint density at radius 1 is 1.22 bits per heavy atom. The van der Waals surface area contributed by atoms with Gasteiger partial charge >= 0.3 is 0 Å².